The van der Waals surface area contributed by atoms with Gasteiger partial charge < -0.3 is 5.32 Å². The second kappa shape index (κ2) is 5.45. The normalized spacial score (nSPS) is 12.2. The molecule has 0 unspecified atom stereocenters. The second-order valence-corrected chi connectivity index (χ2v) is 6.23. The van der Waals surface area contributed by atoms with Gasteiger partial charge in [0.1, 0.15) is 5.51 Å². The summed E-state index contributed by atoms with van der Waals surface area (Å²) in [4.78, 5) is 14.2. The van der Waals surface area contributed by atoms with E-state index in [0.717, 1.165) is 5.56 Å². The first-order valence-corrected chi connectivity index (χ1v) is 7.16. The predicted octanol–water partition coefficient (Wildman–Crippen LogP) is 3.10. The van der Waals surface area contributed by atoms with Crippen molar-refractivity contribution in [2.24, 2.45) is 0 Å². The van der Waals surface area contributed by atoms with Crippen LogP contribution in [-0.4, -0.2) is 16.2 Å². The molecule has 0 fully saturated rings. The van der Waals surface area contributed by atoms with E-state index < -0.39 is 0 Å². The number of thiophene rings is 1. The van der Waals surface area contributed by atoms with Gasteiger partial charge in [0, 0.05) is 9.75 Å². The van der Waals surface area contributed by atoms with Crippen molar-refractivity contribution in [2.75, 3.05) is 5.32 Å². The minimum atomic E-state index is -0.262. The maximum atomic E-state index is 11.7. The Bertz CT molecular complexity index is 535. The molecule has 1 atom stereocenters. The molecule has 0 aliphatic carbocycles. The molecule has 5 nitrogen and oxygen atoms in total. The smallest absolute Gasteiger partial charge is 0.321 e. The molecule has 0 spiro atoms. The minimum Gasteiger partial charge on any atom is -0.331 e. The van der Waals surface area contributed by atoms with Gasteiger partial charge in [-0.05, 0) is 32.4 Å². The van der Waals surface area contributed by atoms with Gasteiger partial charge in [-0.15, -0.1) is 21.5 Å². The van der Waals surface area contributed by atoms with Crippen LogP contribution in [0.5, 0.6) is 0 Å². The van der Waals surface area contributed by atoms with E-state index in [1.165, 1.54) is 21.1 Å². The molecular weight excluding hydrogens is 268 g/mol. The summed E-state index contributed by atoms with van der Waals surface area (Å²) in [6.45, 7) is 6.09. The third kappa shape index (κ3) is 3.05. The molecule has 2 N–H and O–H groups in total. The molecular formula is C11H14N4OS2. The molecule has 2 amide bonds. The van der Waals surface area contributed by atoms with Crippen LogP contribution in [0.3, 0.4) is 0 Å². The highest BCUT2D eigenvalue weighted by molar-refractivity contribution is 7.13. The molecule has 0 aliphatic rings. The number of carbonyl (C=O) groups is 1. The van der Waals surface area contributed by atoms with Gasteiger partial charge in [0.25, 0.3) is 0 Å². The molecule has 0 bridgehead atoms. The number of anilines is 1. The number of hydrogen-bond donors (Lipinski definition) is 2. The number of rotatable bonds is 3. The van der Waals surface area contributed by atoms with Gasteiger partial charge in [0.05, 0.1) is 6.04 Å². The van der Waals surface area contributed by atoms with E-state index in [2.05, 4.69) is 40.7 Å². The molecule has 7 heteroatoms. The van der Waals surface area contributed by atoms with E-state index in [1.54, 1.807) is 16.8 Å². The zero-order chi connectivity index (χ0) is 13.1. The zero-order valence-corrected chi connectivity index (χ0v) is 12.0. The predicted molar refractivity (Wildman–Crippen MR) is 74.3 cm³/mol. The number of amides is 2. The highest BCUT2D eigenvalue weighted by Gasteiger charge is 2.14. The molecule has 2 rings (SSSR count). The van der Waals surface area contributed by atoms with Crippen LogP contribution >= 0.6 is 22.7 Å². The van der Waals surface area contributed by atoms with Crippen molar-refractivity contribution in [3.63, 3.8) is 0 Å². The molecule has 0 saturated carbocycles. The first-order valence-electron chi connectivity index (χ1n) is 5.47. The van der Waals surface area contributed by atoms with Gasteiger partial charge in [0.2, 0.25) is 5.13 Å². The van der Waals surface area contributed by atoms with Crippen molar-refractivity contribution < 1.29 is 4.79 Å². The van der Waals surface area contributed by atoms with Crippen LogP contribution in [0, 0.1) is 13.8 Å². The van der Waals surface area contributed by atoms with Crippen LogP contribution in [-0.2, 0) is 0 Å². The third-order valence-corrected chi connectivity index (χ3v) is 4.06. The fourth-order valence-electron chi connectivity index (χ4n) is 1.72. The standard InChI is InChI=1S/C11H14N4OS2/c1-6-4-9(8(3)18-6)7(2)13-10(16)14-11-15-12-5-17-11/h4-5,7H,1-3H3,(H2,13,14,15,16)/t7-/m0/s1. The van der Waals surface area contributed by atoms with Crippen LogP contribution < -0.4 is 10.6 Å². The van der Waals surface area contributed by atoms with E-state index >= 15 is 0 Å². The minimum absolute atomic E-state index is 0.0251. The number of urea groups is 1. The number of hydrogen-bond acceptors (Lipinski definition) is 5. The lowest BCUT2D eigenvalue weighted by molar-refractivity contribution is 0.249. The van der Waals surface area contributed by atoms with E-state index in [-0.39, 0.29) is 12.1 Å². The maximum Gasteiger partial charge on any atom is 0.321 e. The van der Waals surface area contributed by atoms with Crippen LogP contribution in [0.2, 0.25) is 0 Å². The summed E-state index contributed by atoms with van der Waals surface area (Å²) in [7, 11) is 0. The summed E-state index contributed by atoms with van der Waals surface area (Å²) in [6.07, 6.45) is 0. The first kappa shape index (κ1) is 13.0. The molecule has 0 aliphatic heterocycles. The summed E-state index contributed by atoms with van der Waals surface area (Å²) in [6, 6.07) is 1.82. The maximum absolute atomic E-state index is 11.7. The Hall–Kier alpha value is -1.47. The van der Waals surface area contributed by atoms with Gasteiger partial charge in [-0.2, -0.15) is 0 Å². The lowest BCUT2D eigenvalue weighted by Crippen LogP contribution is -2.31. The second-order valence-electron chi connectivity index (χ2n) is 3.93. The Labute approximate surface area is 113 Å². The van der Waals surface area contributed by atoms with E-state index in [9.17, 15) is 4.79 Å². The van der Waals surface area contributed by atoms with Crippen molar-refractivity contribution in [3.05, 3.63) is 26.9 Å². The van der Waals surface area contributed by atoms with Crippen LogP contribution in [0.25, 0.3) is 0 Å². The Balaban J connectivity index is 1.97. The molecule has 2 aromatic rings. The van der Waals surface area contributed by atoms with Crippen molar-refractivity contribution in [1.29, 1.82) is 0 Å². The van der Waals surface area contributed by atoms with Gasteiger partial charge >= 0.3 is 6.03 Å². The Morgan fingerprint density at radius 3 is 2.78 bits per heavy atom. The molecule has 18 heavy (non-hydrogen) atoms. The van der Waals surface area contributed by atoms with Gasteiger partial charge in [-0.1, -0.05) is 11.3 Å². The lowest BCUT2D eigenvalue weighted by Gasteiger charge is -2.13. The average molecular weight is 282 g/mol. The summed E-state index contributed by atoms with van der Waals surface area (Å²) >= 11 is 3.03. The highest BCUT2D eigenvalue weighted by atomic mass is 32.1. The summed E-state index contributed by atoms with van der Waals surface area (Å²) in [5.41, 5.74) is 2.73. The lowest BCUT2D eigenvalue weighted by atomic mass is 10.1. The van der Waals surface area contributed by atoms with Crippen LogP contribution in [0.15, 0.2) is 11.6 Å². The highest BCUT2D eigenvalue weighted by Crippen LogP contribution is 2.26. The fraction of sp³-hybridized carbons (Fsp3) is 0.364. The monoisotopic (exact) mass is 282 g/mol. The Morgan fingerprint density at radius 2 is 2.22 bits per heavy atom. The molecule has 2 aromatic heterocycles. The number of carbonyl (C=O) groups excluding carboxylic acids is 1. The Kier molecular flexibility index (Phi) is 3.93. The number of nitrogens with zero attached hydrogens (tertiary/aromatic N) is 2. The fourth-order valence-corrected chi connectivity index (χ4v) is 3.18. The van der Waals surface area contributed by atoms with E-state index in [1.807, 2.05) is 6.92 Å². The van der Waals surface area contributed by atoms with Crippen molar-refractivity contribution in [3.8, 4) is 0 Å². The van der Waals surface area contributed by atoms with Crippen LogP contribution in [0.4, 0.5) is 9.93 Å². The van der Waals surface area contributed by atoms with Gasteiger partial charge in [0.15, 0.2) is 0 Å². The van der Waals surface area contributed by atoms with Crippen molar-refractivity contribution in [1.82, 2.24) is 15.5 Å². The molecule has 96 valence electrons. The topological polar surface area (TPSA) is 66.9 Å². The quantitative estimate of drug-likeness (QED) is 0.909. The largest absolute Gasteiger partial charge is 0.331 e. The SMILES string of the molecule is Cc1cc([C@H](C)NC(=O)Nc2nncs2)c(C)s1. The summed E-state index contributed by atoms with van der Waals surface area (Å²) < 4.78 is 0. The summed E-state index contributed by atoms with van der Waals surface area (Å²) in [5, 5.41) is 13.4. The van der Waals surface area contributed by atoms with Crippen LogP contribution in [0.1, 0.15) is 28.3 Å². The molecule has 0 radical (unpaired) electrons. The van der Waals surface area contributed by atoms with Gasteiger partial charge in [-0.3, -0.25) is 5.32 Å². The zero-order valence-electron chi connectivity index (χ0n) is 10.4. The molecule has 0 saturated heterocycles. The van der Waals surface area contributed by atoms with Crippen molar-refractivity contribution in [2.45, 2.75) is 26.8 Å². The number of aromatic nitrogens is 2. The number of aryl methyl sites for hydroxylation is 2. The first-order chi connectivity index (χ1) is 8.56. The average Bonchev–Trinajstić information content (AvgIpc) is 2.88. The third-order valence-electron chi connectivity index (χ3n) is 2.47. The summed E-state index contributed by atoms with van der Waals surface area (Å²) in [5.74, 6) is 0. The van der Waals surface area contributed by atoms with E-state index in [4.69, 9.17) is 0 Å². The van der Waals surface area contributed by atoms with E-state index in [0.29, 0.717) is 5.13 Å². The number of nitrogens with one attached hydrogen (secondary N) is 2. The molecule has 0 aromatic carbocycles. The van der Waals surface area contributed by atoms with Gasteiger partial charge in [-0.25, -0.2) is 4.79 Å². The molecule has 2 heterocycles. The van der Waals surface area contributed by atoms with Crippen molar-refractivity contribution >= 4 is 33.8 Å². The Morgan fingerprint density at radius 1 is 1.44 bits per heavy atom.